The van der Waals surface area contributed by atoms with Gasteiger partial charge < -0.3 is 25.2 Å². The average molecular weight is 178 g/mol. The molecule has 0 radical (unpaired) electrons. The molecule has 0 saturated carbocycles. The van der Waals surface area contributed by atoms with E-state index in [0.29, 0.717) is 0 Å². The maximum Gasteiger partial charge on any atom is 0.115 e. The predicted octanol–water partition coefficient (Wildman–Crippen LogP) is -2.15. The first-order chi connectivity index (χ1) is 5.57. The van der Waals surface area contributed by atoms with E-state index in [1.54, 1.807) is 6.92 Å². The second-order valence-corrected chi connectivity index (χ2v) is 3.04. The summed E-state index contributed by atoms with van der Waals surface area (Å²) in [4.78, 5) is 0. The van der Waals surface area contributed by atoms with Gasteiger partial charge in [-0.2, -0.15) is 0 Å². The van der Waals surface area contributed by atoms with Crippen LogP contribution in [-0.2, 0) is 4.74 Å². The topological polar surface area (TPSA) is 90.2 Å². The van der Waals surface area contributed by atoms with Gasteiger partial charge >= 0.3 is 0 Å². The van der Waals surface area contributed by atoms with Crippen molar-refractivity contribution in [3.05, 3.63) is 0 Å². The molecular weight excluding hydrogens is 164 g/mol. The lowest BCUT2D eigenvalue weighted by Crippen LogP contribution is -2.40. The minimum atomic E-state index is -1.14. The third-order valence-electron chi connectivity index (χ3n) is 2.11. The van der Waals surface area contributed by atoms with E-state index in [1.165, 1.54) is 0 Å². The summed E-state index contributed by atoms with van der Waals surface area (Å²) in [6.45, 7) is 1.11. The quantitative estimate of drug-likeness (QED) is 0.387. The molecule has 1 rings (SSSR count). The maximum atomic E-state index is 9.28. The van der Waals surface area contributed by atoms with Gasteiger partial charge in [-0.15, -0.1) is 0 Å². The highest BCUT2D eigenvalue weighted by Gasteiger charge is 2.43. The highest BCUT2D eigenvalue weighted by molar-refractivity contribution is 4.91. The van der Waals surface area contributed by atoms with E-state index in [1.807, 2.05) is 0 Å². The molecule has 1 saturated heterocycles. The van der Waals surface area contributed by atoms with E-state index in [2.05, 4.69) is 0 Å². The van der Waals surface area contributed by atoms with Gasteiger partial charge in [-0.05, 0) is 6.92 Å². The van der Waals surface area contributed by atoms with Crippen molar-refractivity contribution in [2.24, 2.45) is 0 Å². The second-order valence-electron chi connectivity index (χ2n) is 3.04. The molecule has 1 aliphatic heterocycles. The fourth-order valence-corrected chi connectivity index (χ4v) is 1.30. The Labute approximate surface area is 70.2 Å². The number of aliphatic hydroxyl groups is 4. The Kier molecular flexibility index (Phi) is 3.03. The molecule has 72 valence electrons. The summed E-state index contributed by atoms with van der Waals surface area (Å²) in [6.07, 6.45) is -4.65. The van der Waals surface area contributed by atoms with Gasteiger partial charge in [0.2, 0.25) is 0 Å². The van der Waals surface area contributed by atoms with E-state index in [0.717, 1.165) is 0 Å². The summed E-state index contributed by atoms with van der Waals surface area (Å²) in [6, 6.07) is 0. The standard InChI is InChI=1S/C7H14O5/c1-3-5(10)6(11)7(12-3)4(9)2-8/h3-11H,2H2,1H3/t3-,4+,5+,6?,7+/m0/s1. The van der Waals surface area contributed by atoms with Crippen LogP contribution in [0, 0.1) is 0 Å². The van der Waals surface area contributed by atoms with E-state index in [-0.39, 0.29) is 0 Å². The Balaban J connectivity index is 2.58. The van der Waals surface area contributed by atoms with Crippen LogP contribution in [0.5, 0.6) is 0 Å². The fourth-order valence-electron chi connectivity index (χ4n) is 1.30. The van der Waals surface area contributed by atoms with Gasteiger partial charge in [0.15, 0.2) is 0 Å². The van der Waals surface area contributed by atoms with Crippen LogP contribution >= 0.6 is 0 Å². The van der Waals surface area contributed by atoms with Crippen molar-refractivity contribution in [1.82, 2.24) is 0 Å². The molecular formula is C7H14O5. The summed E-state index contributed by atoms with van der Waals surface area (Å²) in [7, 11) is 0. The zero-order chi connectivity index (χ0) is 9.30. The Morgan fingerprint density at radius 1 is 1.33 bits per heavy atom. The van der Waals surface area contributed by atoms with Gasteiger partial charge in [-0.3, -0.25) is 0 Å². The van der Waals surface area contributed by atoms with Crippen molar-refractivity contribution < 1.29 is 25.2 Å². The van der Waals surface area contributed by atoms with E-state index < -0.39 is 37.1 Å². The summed E-state index contributed by atoms with van der Waals surface area (Å²) in [5.74, 6) is 0. The first kappa shape index (κ1) is 9.88. The van der Waals surface area contributed by atoms with Crippen LogP contribution in [0.2, 0.25) is 0 Å². The third kappa shape index (κ3) is 1.60. The molecule has 1 fully saturated rings. The Morgan fingerprint density at radius 2 is 1.92 bits per heavy atom. The Hall–Kier alpha value is -0.200. The largest absolute Gasteiger partial charge is 0.394 e. The second kappa shape index (κ2) is 3.68. The van der Waals surface area contributed by atoms with Crippen LogP contribution in [0.15, 0.2) is 0 Å². The number of hydrogen-bond acceptors (Lipinski definition) is 5. The lowest BCUT2D eigenvalue weighted by molar-refractivity contribution is -0.0786. The monoisotopic (exact) mass is 178 g/mol. The van der Waals surface area contributed by atoms with Crippen LogP contribution in [0.25, 0.3) is 0 Å². The van der Waals surface area contributed by atoms with Crippen molar-refractivity contribution in [2.75, 3.05) is 6.61 Å². The number of rotatable bonds is 2. The van der Waals surface area contributed by atoms with Gasteiger partial charge in [0, 0.05) is 0 Å². The van der Waals surface area contributed by atoms with Gasteiger partial charge in [0.1, 0.15) is 24.4 Å². The Morgan fingerprint density at radius 3 is 2.25 bits per heavy atom. The molecule has 0 amide bonds. The highest BCUT2D eigenvalue weighted by atomic mass is 16.6. The maximum absolute atomic E-state index is 9.28. The number of ether oxygens (including phenoxy) is 1. The van der Waals surface area contributed by atoms with Gasteiger partial charge in [-0.25, -0.2) is 0 Å². The van der Waals surface area contributed by atoms with Crippen molar-refractivity contribution in [1.29, 1.82) is 0 Å². The van der Waals surface area contributed by atoms with Crippen LogP contribution in [0.4, 0.5) is 0 Å². The minimum Gasteiger partial charge on any atom is -0.394 e. The highest BCUT2D eigenvalue weighted by Crippen LogP contribution is 2.22. The number of aliphatic hydroxyl groups excluding tert-OH is 4. The van der Waals surface area contributed by atoms with Crippen molar-refractivity contribution in [2.45, 2.75) is 37.4 Å². The Bertz CT molecular complexity index is 151. The van der Waals surface area contributed by atoms with E-state index >= 15 is 0 Å². The summed E-state index contributed by atoms with van der Waals surface area (Å²) >= 11 is 0. The molecule has 1 heterocycles. The van der Waals surface area contributed by atoms with Gasteiger partial charge in [0.05, 0.1) is 12.7 Å². The molecule has 0 aromatic rings. The molecule has 5 atom stereocenters. The molecule has 0 spiro atoms. The summed E-state index contributed by atoms with van der Waals surface area (Å²) in [5, 5.41) is 36.2. The average Bonchev–Trinajstić information content (AvgIpc) is 2.32. The van der Waals surface area contributed by atoms with Gasteiger partial charge in [-0.1, -0.05) is 0 Å². The normalized spacial score (nSPS) is 44.8. The van der Waals surface area contributed by atoms with Crippen LogP contribution in [0.1, 0.15) is 6.92 Å². The lowest BCUT2D eigenvalue weighted by Gasteiger charge is -2.18. The van der Waals surface area contributed by atoms with Crippen molar-refractivity contribution >= 4 is 0 Å². The predicted molar refractivity (Wildman–Crippen MR) is 39.4 cm³/mol. The van der Waals surface area contributed by atoms with E-state index in [4.69, 9.17) is 14.9 Å². The smallest absolute Gasteiger partial charge is 0.115 e. The third-order valence-corrected chi connectivity index (χ3v) is 2.11. The minimum absolute atomic E-state index is 0.485. The molecule has 12 heavy (non-hydrogen) atoms. The fraction of sp³-hybridized carbons (Fsp3) is 1.00. The van der Waals surface area contributed by atoms with E-state index in [9.17, 15) is 10.2 Å². The van der Waals surface area contributed by atoms with Crippen LogP contribution in [-0.4, -0.2) is 57.6 Å². The first-order valence-electron chi connectivity index (χ1n) is 3.88. The zero-order valence-corrected chi connectivity index (χ0v) is 6.79. The lowest BCUT2D eigenvalue weighted by atomic mass is 10.1. The van der Waals surface area contributed by atoms with Crippen molar-refractivity contribution in [3.8, 4) is 0 Å². The zero-order valence-electron chi connectivity index (χ0n) is 6.79. The molecule has 4 N–H and O–H groups in total. The van der Waals surface area contributed by atoms with Crippen LogP contribution < -0.4 is 0 Å². The number of hydrogen-bond donors (Lipinski definition) is 4. The first-order valence-corrected chi connectivity index (χ1v) is 3.88. The molecule has 1 aliphatic rings. The van der Waals surface area contributed by atoms with Gasteiger partial charge in [0.25, 0.3) is 0 Å². The SMILES string of the molecule is C[C@@H]1O[C@H]([C@H](O)CO)C(O)[C@@H]1O. The molecule has 1 unspecified atom stereocenters. The molecule has 0 aromatic heterocycles. The summed E-state index contributed by atoms with van der Waals surface area (Å²) in [5.41, 5.74) is 0. The molecule has 5 heteroatoms. The van der Waals surface area contributed by atoms with Crippen molar-refractivity contribution in [3.63, 3.8) is 0 Å². The summed E-state index contributed by atoms with van der Waals surface area (Å²) < 4.78 is 5.03. The molecule has 0 bridgehead atoms. The van der Waals surface area contributed by atoms with Crippen LogP contribution in [0.3, 0.4) is 0 Å². The molecule has 0 aromatic carbocycles. The molecule has 5 nitrogen and oxygen atoms in total. The molecule has 0 aliphatic carbocycles.